The molecule has 0 aliphatic heterocycles. The summed E-state index contributed by atoms with van der Waals surface area (Å²) >= 11 is 6.30. The van der Waals surface area contributed by atoms with Crippen molar-refractivity contribution in [1.82, 2.24) is 14.7 Å². The first-order valence-electron chi connectivity index (χ1n) is 10.7. The number of nitrogens with zero attached hydrogens (tertiary/aromatic N) is 3. The standard InChI is InChI=1S/C24H25ClN6O3/c1-13(26)21-28-17-10-6-9-16(25)20(17)22(32)31(21)15-8-5-7-14(11-15)27-23(33)29-19-12-18(34-30-19)24(2,3)4/h5-13H,26H2,1-4H3,(H2,27,29,30,33). The molecule has 1 unspecified atom stereocenters. The number of rotatable bonds is 4. The number of fused-ring (bicyclic) bond motifs is 1. The van der Waals surface area contributed by atoms with Crippen LogP contribution in [0.1, 0.15) is 45.3 Å². The van der Waals surface area contributed by atoms with E-state index >= 15 is 0 Å². The second-order valence-electron chi connectivity index (χ2n) is 8.99. The number of benzene rings is 2. The Morgan fingerprint density at radius 2 is 1.88 bits per heavy atom. The lowest BCUT2D eigenvalue weighted by Crippen LogP contribution is -2.28. The molecule has 0 fully saturated rings. The molecule has 2 aromatic carbocycles. The number of urea groups is 1. The number of halogens is 1. The molecule has 0 saturated carbocycles. The monoisotopic (exact) mass is 480 g/mol. The molecule has 0 spiro atoms. The van der Waals surface area contributed by atoms with Crippen molar-refractivity contribution in [3.63, 3.8) is 0 Å². The van der Waals surface area contributed by atoms with Gasteiger partial charge in [0.15, 0.2) is 5.82 Å². The SMILES string of the molecule is CC(N)c1nc2cccc(Cl)c2c(=O)n1-c1cccc(NC(=O)Nc2cc(C(C)(C)C)on2)c1. The zero-order valence-electron chi connectivity index (χ0n) is 19.2. The third kappa shape index (κ3) is 4.66. The Morgan fingerprint density at radius 3 is 2.56 bits per heavy atom. The summed E-state index contributed by atoms with van der Waals surface area (Å²) < 4.78 is 6.70. The summed E-state index contributed by atoms with van der Waals surface area (Å²) in [6, 6.07) is 12.5. The molecule has 4 aromatic rings. The molecule has 0 radical (unpaired) electrons. The van der Waals surface area contributed by atoms with Crippen molar-refractivity contribution in [3.05, 3.63) is 75.5 Å². The van der Waals surface area contributed by atoms with Crippen LogP contribution in [0.25, 0.3) is 16.6 Å². The first kappa shape index (κ1) is 23.5. The Kier molecular flexibility index (Phi) is 6.16. The minimum absolute atomic E-state index is 0.236. The number of carbonyl (C=O) groups excluding carboxylic acids is 1. The van der Waals surface area contributed by atoms with E-state index in [9.17, 15) is 9.59 Å². The summed E-state index contributed by atoms with van der Waals surface area (Å²) in [6.07, 6.45) is 0. The second kappa shape index (κ2) is 8.92. The van der Waals surface area contributed by atoms with Crippen LogP contribution in [0.5, 0.6) is 0 Å². The summed E-state index contributed by atoms with van der Waals surface area (Å²) in [5.74, 6) is 1.32. The Hall–Kier alpha value is -3.69. The van der Waals surface area contributed by atoms with E-state index in [4.69, 9.17) is 21.9 Å². The second-order valence-corrected chi connectivity index (χ2v) is 9.40. The zero-order chi connectivity index (χ0) is 24.6. The van der Waals surface area contributed by atoms with Gasteiger partial charge in [-0.2, -0.15) is 0 Å². The van der Waals surface area contributed by atoms with Gasteiger partial charge in [0.2, 0.25) is 0 Å². The minimum Gasteiger partial charge on any atom is -0.359 e. The molecule has 9 nitrogen and oxygen atoms in total. The summed E-state index contributed by atoms with van der Waals surface area (Å²) in [7, 11) is 0. The Bertz CT molecular complexity index is 1430. The number of anilines is 2. The molecule has 34 heavy (non-hydrogen) atoms. The van der Waals surface area contributed by atoms with Crippen molar-refractivity contribution >= 4 is 40.0 Å². The highest BCUT2D eigenvalue weighted by Crippen LogP contribution is 2.25. The Balaban J connectivity index is 1.66. The van der Waals surface area contributed by atoms with Gasteiger partial charge in [-0.15, -0.1) is 0 Å². The fraction of sp³-hybridized carbons (Fsp3) is 0.250. The van der Waals surface area contributed by atoms with Crippen molar-refractivity contribution in [2.75, 3.05) is 10.6 Å². The fourth-order valence-electron chi connectivity index (χ4n) is 3.45. The van der Waals surface area contributed by atoms with E-state index in [1.165, 1.54) is 4.57 Å². The predicted molar refractivity (Wildman–Crippen MR) is 133 cm³/mol. The first-order chi connectivity index (χ1) is 16.0. The van der Waals surface area contributed by atoms with Crippen LogP contribution in [-0.4, -0.2) is 20.7 Å². The lowest BCUT2D eigenvalue weighted by atomic mass is 9.93. The number of carbonyl (C=O) groups is 1. The molecule has 4 rings (SSSR count). The van der Waals surface area contributed by atoms with E-state index in [0.717, 1.165) is 0 Å². The van der Waals surface area contributed by atoms with E-state index < -0.39 is 12.1 Å². The lowest BCUT2D eigenvalue weighted by Gasteiger charge is -2.17. The van der Waals surface area contributed by atoms with Crippen molar-refractivity contribution in [1.29, 1.82) is 0 Å². The van der Waals surface area contributed by atoms with Crippen molar-refractivity contribution in [2.45, 2.75) is 39.2 Å². The van der Waals surface area contributed by atoms with Gasteiger partial charge in [-0.05, 0) is 37.3 Å². The van der Waals surface area contributed by atoms with Crippen LogP contribution in [0.4, 0.5) is 16.3 Å². The number of hydrogen-bond donors (Lipinski definition) is 3. The third-order valence-electron chi connectivity index (χ3n) is 5.13. The van der Waals surface area contributed by atoms with Crippen LogP contribution in [0, 0.1) is 0 Å². The zero-order valence-corrected chi connectivity index (χ0v) is 20.0. The molecule has 10 heteroatoms. The minimum atomic E-state index is -0.528. The van der Waals surface area contributed by atoms with Gasteiger partial charge >= 0.3 is 6.03 Å². The molecule has 1 atom stereocenters. The van der Waals surface area contributed by atoms with Crippen LogP contribution in [-0.2, 0) is 5.41 Å². The van der Waals surface area contributed by atoms with Gasteiger partial charge < -0.3 is 15.6 Å². The van der Waals surface area contributed by atoms with Gasteiger partial charge in [-0.1, -0.05) is 49.7 Å². The Labute approximate surface area is 200 Å². The molecule has 2 amide bonds. The largest absolute Gasteiger partial charge is 0.359 e. The van der Waals surface area contributed by atoms with Crippen LogP contribution >= 0.6 is 11.6 Å². The average Bonchev–Trinajstić information content (AvgIpc) is 3.22. The maximum atomic E-state index is 13.4. The summed E-state index contributed by atoms with van der Waals surface area (Å²) in [5.41, 5.74) is 6.97. The van der Waals surface area contributed by atoms with Gasteiger partial charge in [0, 0.05) is 17.2 Å². The topological polar surface area (TPSA) is 128 Å². The summed E-state index contributed by atoms with van der Waals surface area (Å²) in [6.45, 7) is 7.69. The van der Waals surface area contributed by atoms with E-state index in [1.807, 2.05) is 20.8 Å². The molecule has 0 aliphatic carbocycles. The number of nitrogens with one attached hydrogen (secondary N) is 2. The van der Waals surface area contributed by atoms with Crippen molar-refractivity contribution in [2.24, 2.45) is 5.73 Å². The number of hydrogen-bond acceptors (Lipinski definition) is 6. The highest BCUT2D eigenvalue weighted by molar-refractivity contribution is 6.35. The van der Waals surface area contributed by atoms with E-state index in [0.29, 0.717) is 44.7 Å². The van der Waals surface area contributed by atoms with Crippen molar-refractivity contribution < 1.29 is 9.32 Å². The molecule has 2 heterocycles. The van der Waals surface area contributed by atoms with Crippen molar-refractivity contribution in [3.8, 4) is 5.69 Å². The number of aromatic nitrogens is 3. The summed E-state index contributed by atoms with van der Waals surface area (Å²) in [4.78, 5) is 30.5. The molecular formula is C24H25ClN6O3. The highest BCUT2D eigenvalue weighted by atomic mass is 35.5. The van der Waals surface area contributed by atoms with E-state index in [-0.39, 0.29) is 11.0 Å². The smallest absolute Gasteiger partial charge is 0.324 e. The highest BCUT2D eigenvalue weighted by Gasteiger charge is 2.21. The summed E-state index contributed by atoms with van der Waals surface area (Å²) in [5, 5.41) is 9.86. The third-order valence-corrected chi connectivity index (χ3v) is 5.45. The molecule has 2 aromatic heterocycles. The van der Waals surface area contributed by atoms with E-state index in [1.54, 1.807) is 55.5 Å². The quantitative estimate of drug-likeness (QED) is 0.377. The average molecular weight is 481 g/mol. The molecular weight excluding hydrogens is 456 g/mol. The number of nitrogens with two attached hydrogens (primary N) is 1. The van der Waals surface area contributed by atoms with Crippen LogP contribution < -0.4 is 21.9 Å². The molecule has 0 bridgehead atoms. The van der Waals surface area contributed by atoms with Crippen LogP contribution in [0.2, 0.25) is 5.02 Å². The van der Waals surface area contributed by atoms with Crippen LogP contribution in [0.3, 0.4) is 0 Å². The normalized spacial score (nSPS) is 12.5. The van der Waals surface area contributed by atoms with Gasteiger partial charge in [0.05, 0.1) is 27.7 Å². The maximum Gasteiger partial charge on any atom is 0.324 e. The molecule has 4 N–H and O–H groups in total. The van der Waals surface area contributed by atoms with E-state index in [2.05, 4.69) is 20.8 Å². The molecule has 0 aliphatic rings. The van der Waals surface area contributed by atoms with Gasteiger partial charge in [-0.25, -0.2) is 9.78 Å². The predicted octanol–water partition coefficient (Wildman–Crippen LogP) is 4.99. The van der Waals surface area contributed by atoms with Gasteiger partial charge in [0.1, 0.15) is 11.6 Å². The maximum absolute atomic E-state index is 13.4. The number of amides is 2. The first-order valence-corrected chi connectivity index (χ1v) is 11.0. The van der Waals surface area contributed by atoms with Crippen LogP contribution in [0.15, 0.2) is 57.8 Å². The lowest BCUT2D eigenvalue weighted by molar-refractivity contribution is 0.262. The Morgan fingerprint density at radius 1 is 1.15 bits per heavy atom. The molecule has 176 valence electrons. The molecule has 0 saturated heterocycles. The van der Waals surface area contributed by atoms with Gasteiger partial charge in [0.25, 0.3) is 5.56 Å². The van der Waals surface area contributed by atoms with Gasteiger partial charge in [-0.3, -0.25) is 14.7 Å². The fourth-order valence-corrected chi connectivity index (χ4v) is 3.70.